The van der Waals surface area contributed by atoms with Gasteiger partial charge in [0.15, 0.2) is 5.82 Å². The molecule has 260 valence electrons. The molecule has 4 heteroatoms. The van der Waals surface area contributed by atoms with Crippen LogP contribution in [-0.2, 0) is 0 Å². The molecule has 0 unspecified atom stereocenters. The number of benzene rings is 9. The van der Waals surface area contributed by atoms with Crippen molar-refractivity contribution in [3.8, 4) is 33.9 Å². The van der Waals surface area contributed by atoms with E-state index in [9.17, 15) is 0 Å². The maximum Gasteiger partial charge on any atom is 0.165 e. The van der Waals surface area contributed by atoms with Gasteiger partial charge < -0.3 is 4.57 Å². The lowest BCUT2D eigenvalue weighted by atomic mass is 9.94. The molecule has 12 rings (SSSR count). The van der Waals surface area contributed by atoms with Crippen molar-refractivity contribution in [2.75, 3.05) is 0 Å². The lowest BCUT2D eigenvalue weighted by Crippen LogP contribution is -2.03. The summed E-state index contributed by atoms with van der Waals surface area (Å²) in [6.07, 6.45) is 0. The zero-order valence-electron chi connectivity index (χ0n) is 30.3. The lowest BCUT2D eigenvalue weighted by Gasteiger charge is -2.14. The largest absolute Gasteiger partial charge is 0.309 e. The molecule has 0 fully saturated rings. The van der Waals surface area contributed by atoms with Crippen molar-refractivity contribution in [2.45, 2.75) is 0 Å². The van der Waals surface area contributed by atoms with Gasteiger partial charge in [0.2, 0.25) is 0 Å². The van der Waals surface area contributed by atoms with Crippen molar-refractivity contribution < 1.29 is 0 Å². The maximum absolute atomic E-state index is 5.41. The summed E-state index contributed by atoms with van der Waals surface area (Å²) in [7, 11) is 0. The van der Waals surface area contributed by atoms with Gasteiger partial charge in [-0.25, -0.2) is 9.97 Å². The first-order valence-corrected chi connectivity index (χ1v) is 19.1. The van der Waals surface area contributed by atoms with Gasteiger partial charge in [-0.3, -0.25) is 4.57 Å². The molecule has 0 bridgehead atoms. The molecule has 3 aromatic heterocycles. The fourth-order valence-electron chi connectivity index (χ4n) is 8.95. The fraction of sp³-hybridized carbons (Fsp3) is 0. The summed E-state index contributed by atoms with van der Waals surface area (Å²) in [5.41, 5.74) is 11.6. The van der Waals surface area contributed by atoms with Gasteiger partial charge in [0.05, 0.1) is 33.1 Å². The zero-order chi connectivity index (χ0) is 36.7. The highest BCUT2D eigenvalue weighted by molar-refractivity contribution is 6.27. The summed E-state index contributed by atoms with van der Waals surface area (Å²) in [6, 6.07) is 69.7. The normalized spacial score (nSPS) is 11.9. The molecule has 0 aliphatic heterocycles. The SMILES string of the molecule is c1ccc(-c2nc3ccccc3nc2-n2c3ccccc3c3cc4c5c6ccccc6c(-c6ccccc6)cc5n(-c5ccc6ccccc6c5)c4cc32)cc1. The van der Waals surface area contributed by atoms with Gasteiger partial charge in [0, 0.05) is 32.8 Å². The van der Waals surface area contributed by atoms with Gasteiger partial charge in [0.1, 0.15) is 5.69 Å². The van der Waals surface area contributed by atoms with Crippen LogP contribution < -0.4 is 0 Å². The van der Waals surface area contributed by atoms with E-state index in [1.807, 2.05) is 24.3 Å². The van der Waals surface area contributed by atoms with E-state index in [1.54, 1.807) is 0 Å². The van der Waals surface area contributed by atoms with Gasteiger partial charge in [-0.15, -0.1) is 0 Å². The first-order chi connectivity index (χ1) is 27.8. The van der Waals surface area contributed by atoms with Crippen molar-refractivity contribution in [3.63, 3.8) is 0 Å². The smallest absolute Gasteiger partial charge is 0.165 e. The Morgan fingerprint density at radius 3 is 1.77 bits per heavy atom. The molecule has 0 aliphatic rings. The van der Waals surface area contributed by atoms with Crippen molar-refractivity contribution in [3.05, 3.63) is 194 Å². The third-order valence-electron chi connectivity index (χ3n) is 11.5. The number of fused-ring (bicyclic) bond motifs is 10. The van der Waals surface area contributed by atoms with Gasteiger partial charge >= 0.3 is 0 Å². The molecule has 4 nitrogen and oxygen atoms in total. The molecular weight excluding hydrogens is 681 g/mol. The molecule has 12 aromatic rings. The Labute approximate surface area is 322 Å². The topological polar surface area (TPSA) is 35.6 Å². The Hall–Kier alpha value is -7.56. The van der Waals surface area contributed by atoms with Gasteiger partial charge in [0.25, 0.3) is 0 Å². The molecule has 0 amide bonds. The van der Waals surface area contributed by atoms with Crippen LogP contribution >= 0.6 is 0 Å². The molecule has 0 N–H and O–H groups in total. The molecule has 0 saturated heterocycles. The fourth-order valence-corrected chi connectivity index (χ4v) is 8.95. The summed E-state index contributed by atoms with van der Waals surface area (Å²) in [4.78, 5) is 10.7. The van der Waals surface area contributed by atoms with Crippen molar-refractivity contribution >= 4 is 76.2 Å². The van der Waals surface area contributed by atoms with Crippen LogP contribution in [0.15, 0.2) is 194 Å². The third-order valence-corrected chi connectivity index (χ3v) is 11.5. The molecule has 3 heterocycles. The average Bonchev–Trinajstić information content (AvgIpc) is 3.77. The van der Waals surface area contributed by atoms with Gasteiger partial charge in [-0.05, 0) is 81.2 Å². The maximum atomic E-state index is 5.41. The molecule has 56 heavy (non-hydrogen) atoms. The Kier molecular flexibility index (Phi) is 6.60. The third kappa shape index (κ3) is 4.53. The van der Waals surface area contributed by atoms with E-state index in [-0.39, 0.29) is 0 Å². The summed E-state index contributed by atoms with van der Waals surface area (Å²) in [5.74, 6) is 0.811. The minimum absolute atomic E-state index is 0.811. The van der Waals surface area contributed by atoms with Crippen LogP contribution in [0, 0.1) is 0 Å². The van der Waals surface area contributed by atoms with E-state index in [1.165, 1.54) is 59.7 Å². The van der Waals surface area contributed by atoms with E-state index in [0.717, 1.165) is 50.3 Å². The predicted molar refractivity (Wildman–Crippen MR) is 234 cm³/mol. The molecular formula is C52H32N4. The summed E-state index contributed by atoms with van der Waals surface area (Å²) >= 11 is 0. The predicted octanol–water partition coefficient (Wildman–Crippen LogP) is 13.5. The highest BCUT2D eigenvalue weighted by atomic mass is 15.1. The van der Waals surface area contributed by atoms with Crippen molar-refractivity contribution in [2.24, 2.45) is 0 Å². The van der Waals surface area contributed by atoms with Crippen LogP contribution in [0.5, 0.6) is 0 Å². The van der Waals surface area contributed by atoms with Gasteiger partial charge in [-0.2, -0.15) is 0 Å². The lowest BCUT2D eigenvalue weighted by molar-refractivity contribution is 1.08. The summed E-state index contributed by atoms with van der Waals surface area (Å²) in [5, 5.41) is 9.72. The standard InChI is InChI=1S/C52H32N4/c1-3-16-34(17-4-1)41-31-49-50(40-23-10-9-21-38(40)41)43-30-42-39-22-11-14-26-46(39)56(47(42)32-48(43)55(49)37-28-27-33-15-7-8-20-36(33)29-37)52-51(35-18-5-2-6-19-35)53-44-24-12-13-25-45(44)54-52/h1-32H. The Bertz CT molecular complexity index is 3520. The average molecular weight is 713 g/mol. The van der Waals surface area contributed by atoms with Crippen LogP contribution in [0.1, 0.15) is 0 Å². The zero-order valence-corrected chi connectivity index (χ0v) is 30.3. The van der Waals surface area contributed by atoms with Crippen molar-refractivity contribution in [1.82, 2.24) is 19.1 Å². The van der Waals surface area contributed by atoms with Crippen molar-refractivity contribution in [1.29, 1.82) is 0 Å². The van der Waals surface area contributed by atoms with Crippen LogP contribution in [-0.4, -0.2) is 19.1 Å². The second-order valence-corrected chi connectivity index (χ2v) is 14.6. The summed E-state index contributed by atoms with van der Waals surface area (Å²) in [6.45, 7) is 0. The van der Waals surface area contributed by atoms with E-state index < -0.39 is 0 Å². The number of rotatable bonds is 4. The van der Waals surface area contributed by atoms with E-state index in [2.05, 4.69) is 179 Å². The van der Waals surface area contributed by atoms with E-state index >= 15 is 0 Å². The number of para-hydroxylation sites is 3. The molecule has 0 radical (unpaired) electrons. The van der Waals surface area contributed by atoms with Gasteiger partial charge in [-0.1, -0.05) is 146 Å². The summed E-state index contributed by atoms with van der Waals surface area (Å²) < 4.78 is 4.81. The molecule has 0 aliphatic carbocycles. The Morgan fingerprint density at radius 2 is 0.964 bits per heavy atom. The molecule has 0 spiro atoms. The van der Waals surface area contributed by atoms with E-state index in [0.29, 0.717) is 0 Å². The number of hydrogen-bond donors (Lipinski definition) is 0. The quantitative estimate of drug-likeness (QED) is 0.182. The molecule has 0 saturated carbocycles. The van der Waals surface area contributed by atoms with Crippen LogP contribution in [0.4, 0.5) is 0 Å². The minimum Gasteiger partial charge on any atom is -0.309 e. The first kappa shape index (κ1) is 30.9. The molecule has 9 aromatic carbocycles. The highest BCUT2D eigenvalue weighted by Crippen LogP contribution is 2.45. The Morgan fingerprint density at radius 1 is 0.339 bits per heavy atom. The number of hydrogen-bond acceptors (Lipinski definition) is 2. The van der Waals surface area contributed by atoms with E-state index in [4.69, 9.17) is 9.97 Å². The highest BCUT2D eigenvalue weighted by Gasteiger charge is 2.23. The minimum atomic E-state index is 0.811. The second kappa shape index (κ2) is 12.0. The second-order valence-electron chi connectivity index (χ2n) is 14.6. The molecule has 0 atom stereocenters. The Balaban J connectivity index is 1.27. The number of nitrogens with zero attached hydrogens (tertiary/aromatic N) is 4. The van der Waals surface area contributed by atoms with Crippen LogP contribution in [0.3, 0.4) is 0 Å². The monoisotopic (exact) mass is 712 g/mol. The number of aromatic nitrogens is 4. The van der Waals surface area contributed by atoms with Crippen LogP contribution in [0.25, 0.3) is 110 Å². The van der Waals surface area contributed by atoms with Crippen LogP contribution in [0.2, 0.25) is 0 Å². The first-order valence-electron chi connectivity index (χ1n) is 19.1.